The molecule has 0 aromatic heterocycles. The molecule has 0 radical (unpaired) electrons. The van der Waals surface area contributed by atoms with Crippen LogP contribution in [0.2, 0.25) is 0 Å². The van der Waals surface area contributed by atoms with Gasteiger partial charge in [0.2, 0.25) is 0 Å². The largest absolute Gasteiger partial charge is 0.204 e. The van der Waals surface area contributed by atoms with Gasteiger partial charge in [-0.2, -0.15) is 5.26 Å². The molecule has 62 valence electrons. The number of rotatable bonds is 1. The minimum absolute atomic E-state index is 0.124. The molecule has 0 atom stereocenters. The Morgan fingerprint density at radius 2 is 2.17 bits per heavy atom. The summed E-state index contributed by atoms with van der Waals surface area (Å²) in [5.41, 5.74) is 1.04. The minimum atomic E-state index is -0.407. The third-order valence-corrected chi connectivity index (χ3v) is 2.26. The number of halogens is 1. The number of thioether (sulfide) groups is 1. The van der Waals surface area contributed by atoms with Gasteiger partial charge in [-0.1, -0.05) is 0 Å². The van der Waals surface area contributed by atoms with E-state index in [1.54, 1.807) is 18.4 Å². The SMILES string of the molecule is CSc1cc(C)cc(C#N)c1F. The average molecular weight is 181 g/mol. The van der Waals surface area contributed by atoms with Gasteiger partial charge < -0.3 is 0 Å². The van der Waals surface area contributed by atoms with E-state index in [4.69, 9.17) is 5.26 Å². The number of hydrogen-bond acceptors (Lipinski definition) is 2. The van der Waals surface area contributed by atoms with Crippen molar-refractivity contribution in [1.82, 2.24) is 0 Å². The van der Waals surface area contributed by atoms with Crippen LogP contribution in [-0.4, -0.2) is 6.26 Å². The van der Waals surface area contributed by atoms with Crippen LogP contribution in [0.3, 0.4) is 0 Å². The van der Waals surface area contributed by atoms with Gasteiger partial charge in [0.1, 0.15) is 6.07 Å². The Kier molecular flexibility index (Phi) is 2.72. The lowest BCUT2D eigenvalue weighted by atomic mass is 10.1. The van der Waals surface area contributed by atoms with Crippen molar-refractivity contribution >= 4 is 11.8 Å². The van der Waals surface area contributed by atoms with Crippen LogP contribution < -0.4 is 0 Å². The molecule has 0 heterocycles. The molecule has 0 aliphatic rings. The van der Waals surface area contributed by atoms with E-state index in [9.17, 15) is 4.39 Å². The zero-order chi connectivity index (χ0) is 9.14. The van der Waals surface area contributed by atoms with Gasteiger partial charge in [-0.3, -0.25) is 0 Å². The fraction of sp³-hybridized carbons (Fsp3) is 0.222. The lowest BCUT2D eigenvalue weighted by molar-refractivity contribution is 0.597. The predicted molar refractivity (Wildman–Crippen MR) is 47.6 cm³/mol. The highest BCUT2D eigenvalue weighted by Crippen LogP contribution is 2.23. The van der Waals surface area contributed by atoms with Gasteiger partial charge in [-0.15, -0.1) is 11.8 Å². The molecule has 12 heavy (non-hydrogen) atoms. The zero-order valence-corrected chi connectivity index (χ0v) is 7.70. The van der Waals surface area contributed by atoms with Crippen LogP contribution in [0.15, 0.2) is 17.0 Å². The quantitative estimate of drug-likeness (QED) is 0.622. The first kappa shape index (κ1) is 9.08. The topological polar surface area (TPSA) is 23.8 Å². The molecule has 0 unspecified atom stereocenters. The van der Waals surface area contributed by atoms with Gasteiger partial charge in [0.15, 0.2) is 5.82 Å². The lowest BCUT2D eigenvalue weighted by Crippen LogP contribution is -1.88. The Morgan fingerprint density at radius 3 is 2.67 bits per heavy atom. The van der Waals surface area contributed by atoms with Crippen molar-refractivity contribution in [2.45, 2.75) is 11.8 Å². The molecular weight excluding hydrogens is 173 g/mol. The van der Waals surface area contributed by atoms with E-state index in [-0.39, 0.29) is 5.56 Å². The number of nitriles is 1. The molecule has 1 aromatic rings. The maximum Gasteiger partial charge on any atom is 0.154 e. The summed E-state index contributed by atoms with van der Waals surface area (Å²) >= 11 is 1.31. The van der Waals surface area contributed by atoms with Crippen molar-refractivity contribution in [3.63, 3.8) is 0 Å². The summed E-state index contributed by atoms with van der Waals surface area (Å²) in [6.07, 6.45) is 1.79. The van der Waals surface area contributed by atoms with Crippen LogP contribution in [0.5, 0.6) is 0 Å². The minimum Gasteiger partial charge on any atom is -0.204 e. The van der Waals surface area contributed by atoms with Crippen LogP contribution in [0.4, 0.5) is 4.39 Å². The first-order valence-electron chi connectivity index (χ1n) is 3.43. The van der Waals surface area contributed by atoms with Gasteiger partial charge >= 0.3 is 0 Å². The summed E-state index contributed by atoms with van der Waals surface area (Å²) in [5, 5.41) is 8.56. The molecule has 0 saturated heterocycles. The second kappa shape index (κ2) is 3.59. The molecular formula is C9H8FNS. The van der Waals surface area contributed by atoms with Crippen molar-refractivity contribution in [3.8, 4) is 6.07 Å². The van der Waals surface area contributed by atoms with Crippen molar-refractivity contribution in [3.05, 3.63) is 29.1 Å². The first-order valence-corrected chi connectivity index (χ1v) is 4.65. The fourth-order valence-corrected chi connectivity index (χ4v) is 1.56. The highest BCUT2D eigenvalue weighted by Gasteiger charge is 2.07. The summed E-state index contributed by atoms with van der Waals surface area (Å²) in [7, 11) is 0. The Balaban J connectivity index is 3.34. The summed E-state index contributed by atoms with van der Waals surface area (Å²) in [4.78, 5) is 0.534. The third-order valence-electron chi connectivity index (χ3n) is 1.52. The van der Waals surface area contributed by atoms with Crippen LogP contribution in [-0.2, 0) is 0 Å². The molecule has 0 spiro atoms. The van der Waals surface area contributed by atoms with Crippen LogP contribution in [0.1, 0.15) is 11.1 Å². The smallest absolute Gasteiger partial charge is 0.154 e. The third kappa shape index (κ3) is 1.59. The maximum absolute atomic E-state index is 13.2. The molecule has 1 rings (SSSR count). The van der Waals surface area contributed by atoms with E-state index in [0.29, 0.717) is 4.90 Å². The molecule has 3 heteroatoms. The van der Waals surface area contributed by atoms with E-state index in [1.165, 1.54) is 11.8 Å². The van der Waals surface area contributed by atoms with Crippen molar-refractivity contribution in [2.75, 3.05) is 6.26 Å². The zero-order valence-electron chi connectivity index (χ0n) is 6.89. The highest BCUT2D eigenvalue weighted by molar-refractivity contribution is 7.98. The van der Waals surface area contributed by atoms with Crippen molar-refractivity contribution < 1.29 is 4.39 Å². The van der Waals surface area contributed by atoms with Crippen LogP contribution >= 0.6 is 11.8 Å². The van der Waals surface area contributed by atoms with Crippen molar-refractivity contribution in [1.29, 1.82) is 5.26 Å². The van der Waals surface area contributed by atoms with Gasteiger partial charge in [-0.25, -0.2) is 4.39 Å². The molecule has 0 bridgehead atoms. The van der Waals surface area contributed by atoms with Gasteiger partial charge in [0.05, 0.1) is 5.56 Å². The Morgan fingerprint density at radius 1 is 1.50 bits per heavy atom. The second-order valence-corrected chi connectivity index (χ2v) is 3.29. The molecule has 0 fully saturated rings. The second-order valence-electron chi connectivity index (χ2n) is 2.44. The Bertz CT molecular complexity index is 341. The molecule has 0 saturated carbocycles. The summed E-state index contributed by atoms with van der Waals surface area (Å²) in [6, 6.07) is 5.11. The fourth-order valence-electron chi connectivity index (χ4n) is 0.965. The summed E-state index contributed by atoms with van der Waals surface area (Å²) in [6.45, 7) is 1.85. The average Bonchev–Trinajstić information content (AvgIpc) is 2.08. The van der Waals surface area contributed by atoms with E-state index < -0.39 is 5.82 Å². The van der Waals surface area contributed by atoms with Gasteiger partial charge in [-0.05, 0) is 30.9 Å². The molecule has 1 aromatic carbocycles. The lowest BCUT2D eigenvalue weighted by Gasteiger charge is -2.01. The molecule has 0 amide bonds. The molecule has 0 aliphatic carbocycles. The van der Waals surface area contributed by atoms with E-state index in [2.05, 4.69) is 0 Å². The predicted octanol–water partition coefficient (Wildman–Crippen LogP) is 2.73. The monoisotopic (exact) mass is 181 g/mol. The Labute approximate surface area is 75.2 Å². The van der Waals surface area contributed by atoms with E-state index >= 15 is 0 Å². The standard InChI is InChI=1S/C9H8FNS/c1-6-3-7(5-11)9(10)8(4-6)12-2/h3-4H,1-2H3. The Hall–Kier alpha value is -1.01. The molecule has 0 N–H and O–H groups in total. The van der Waals surface area contributed by atoms with E-state index in [1.807, 2.05) is 13.0 Å². The van der Waals surface area contributed by atoms with Crippen molar-refractivity contribution in [2.24, 2.45) is 0 Å². The normalized spacial score (nSPS) is 9.50. The summed E-state index contributed by atoms with van der Waals surface area (Å²) in [5.74, 6) is -0.407. The molecule has 0 aliphatic heterocycles. The summed E-state index contributed by atoms with van der Waals surface area (Å²) < 4.78 is 13.2. The van der Waals surface area contributed by atoms with Crippen LogP contribution in [0.25, 0.3) is 0 Å². The van der Waals surface area contributed by atoms with Crippen LogP contribution in [0, 0.1) is 24.1 Å². The molecule has 1 nitrogen and oxygen atoms in total. The highest BCUT2D eigenvalue weighted by atomic mass is 32.2. The number of nitrogens with zero attached hydrogens (tertiary/aromatic N) is 1. The number of hydrogen-bond donors (Lipinski definition) is 0. The maximum atomic E-state index is 13.2. The van der Waals surface area contributed by atoms with Gasteiger partial charge in [0, 0.05) is 4.90 Å². The number of benzene rings is 1. The first-order chi connectivity index (χ1) is 5.69. The van der Waals surface area contributed by atoms with Gasteiger partial charge in [0.25, 0.3) is 0 Å². The number of aryl methyl sites for hydroxylation is 1. The van der Waals surface area contributed by atoms with E-state index in [0.717, 1.165) is 5.56 Å².